The van der Waals surface area contributed by atoms with Gasteiger partial charge in [-0.3, -0.25) is 0 Å². The zero-order valence-electron chi connectivity index (χ0n) is 22.1. The van der Waals surface area contributed by atoms with Crippen molar-refractivity contribution in [1.82, 2.24) is 0 Å². The maximum absolute atomic E-state index is 2.38. The number of nitrogens with zero attached hydrogens (tertiary/aromatic N) is 1. The lowest BCUT2D eigenvalue weighted by Gasteiger charge is -2.26. The number of pyridine rings is 1. The molecule has 0 radical (unpaired) electrons. The minimum atomic E-state index is 0.212. The van der Waals surface area contributed by atoms with Crippen LogP contribution < -0.4 is 4.57 Å². The average molecular weight is 517 g/mol. The number of aromatic nitrogens is 1. The molecule has 0 amide bonds. The minimum absolute atomic E-state index is 0.212. The Balaban J connectivity index is 1.78. The highest BCUT2D eigenvalue weighted by molar-refractivity contribution is 8.00. The van der Waals surface area contributed by atoms with Crippen molar-refractivity contribution >= 4 is 64.7 Å². The molecule has 1 nitrogen and oxygen atoms in total. The summed E-state index contributed by atoms with van der Waals surface area (Å²) in [5.74, 6) is 0. The van der Waals surface area contributed by atoms with E-state index in [-0.39, 0.29) is 10.8 Å². The maximum atomic E-state index is 2.38. The molecule has 1 aliphatic heterocycles. The van der Waals surface area contributed by atoms with Crippen LogP contribution in [0.15, 0.2) is 46.3 Å². The summed E-state index contributed by atoms with van der Waals surface area (Å²) in [6.07, 6.45) is 4.48. The number of hydrogen-bond acceptors (Lipinski definition) is 3. The highest BCUT2D eigenvalue weighted by atomic mass is 32.2. The van der Waals surface area contributed by atoms with E-state index in [1.54, 1.807) is 10.4 Å². The first-order valence-corrected chi connectivity index (χ1v) is 15.0. The first-order valence-electron chi connectivity index (χ1n) is 12.5. The van der Waals surface area contributed by atoms with Crippen molar-refractivity contribution in [2.24, 2.45) is 17.9 Å². The summed E-state index contributed by atoms with van der Waals surface area (Å²) >= 11 is 6.07. The zero-order chi connectivity index (χ0) is 24.9. The fraction of sp³-hybridized carbons (Fsp3) is 0.387. The molecule has 6 rings (SSSR count). The molecule has 0 saturated heterocycles. The number of rotatable bonds is 2. The van der Waals surface area contributed by atoms with E-state index < -0.39 is 0 Å². The quantitative estimate of drug-likeness (QED) is 0.207. The van der Waals surface area contributed by atoms with Gasteiger partial charge in [0, 0.05) is 45.6 Å². The molecule has 0 bridgehead atoms. The normalized spacial score (nSPS) is 13.8. The largest absolute Gasteiger partial charge is 0.223 e. The molecular formula is C31H34NS3+. The third-order valence-corrected chi connectivity index (χ3v) is 10.8. The van der Waals surface area contributed by atoms with Crippen LogP contribution >= 0.6 is 34.4 Å². The van der Waals surface area contributed by atoms with Gasteiger partial charge in [-0.05, 0) is 47.8 Å². The van der Waals surface area contributed by atoms with E-state index in [0.29, 0.717) is 0 Å². The molecule has 0 saturated carbocycles. The van der Waals surface area contributed by atoms with Crippen molar-refractivity contribution in [3.63, 3.8) is 0 Å². The van der Waals surface area contributed by atoms with Gasteiger partial charge in [-0.1, -0.05) is 71.5 Å². The Hall–Kier alpha value is -1.88. The molecule has 35 heavy (non-hydrogen) atoms. The minimum Gasteiger partial charge on any atom is -0.200 e. The summed E-state index contributed by atoms with van der Waals surface area (Å²) in [6, 6.07) is 11.3. The van der Waals surface area contributed by atoms with Gasteiger partial charge in [-0.15, -0.1) is 22.7 Å². The van der Waals surface area contributed by atoms with E-state index in [1.165, 1.54) is 56.9 Å². The van der Waals surface area contributed by atoms with E-state index >= 15 is 0 Å². The molecular weight excluding hydrogens is 483 g/mol. The lowest BCUT2D eigenvalue weighted by Crippen LogP contribution is -2.31. The van der Waals surface area contributed by atoms with Crippen LogP contribution in [0.2, 0.25) is 0 Å². The number of hydrogen-bond donors (Lipinski definition) is 0. The predicted molar refractivity (Wildman–Crippen MR) is 157 cm³/mol. The summed E-state index contributed by atoms with van der Waals surface area (Å²) in [5.41, 5.74) is 6.34. The smallest absolute Gasteiger partial charge is 0.200 e. The van der Waals surface area contributed by atoms with Crippen LogP contribution in [0, 0.1) is 17.8 Å². The molecule has 2 aromatic carbocycles. The summed E-state index contributed by atoms with van der Waals surface area (Å²) in [7, 11) is 2.23. The topological polar surface area (TPSA) is 3.88 Å². The van der Waals surface area contributed by atoms with Crippen LogP contribution in [0.25, 0.3) is 41.5 Å². The van der Waals surface area contributed by atoms with Crippen LogP contribution in [0.3, 0.4) is 0 Å². The standard InChI is InChI=1S/C31H34NS3/c1-17-23-18-11-9-10-12-20(18)34-27(23)19(15-30(2,3)4)28-24(17)26-25-21(13-14-32(26)8)33-22(29(25)35-28)16-31(5,6)7/h9-14H,15-16H2,1-8H3/q+1. The maximum Gasteiger partial charge on any atom is 0.223 e. The highest BCUT2D eigenvalue weighted by Gasteiger charge is 2.36. The SMILES string of the molecule is Cc1c2c(c(CC(C)(C)C)c3sc4ccccc4c13)Sc1c(CC(C)(C)C)sc3cc[n+](C)c-2c13. The van der Waals surface area contributed by atoms with Gasteiger partial charge < -0.3 is 0 Å². The second-order valence-corrected chi connectivity index (χ2v) is 15.8. The molecule has 5 aromatic rings. The second kappa shape index (κ2) is 7.81. The predicted octanol–water partition coefficient (Wildman–Crippen LogP) is 9.71. The van der Waals surface area contributed by atoms with Crippen molar-refractivity contribution in [3.05, 3.63) is 52.5 Å². The molecule has 3 aromatic heterocycles. The molecule has 4 heterocycles. The van der Waals surface area contributed by atoms with Crippen molar-refractivity contribution in [2.45, 2.75) is 71.1 Å². The molecule has 0 spiro atoms. The van der Waals surface area contributed by atoms with Crippen molar-refractivity contribution in [2.75, 3.05) is 0 Å². The molecule has 0 aliphatic carbocycles. The Labute approximate surface area is 221 Å². The molecule has 180 valence electrons. The summed E-state index contributed by atoms with van der Waals surface area (Å²) < 4.78 is 6.71. The van der Waals surface area contributed by atoms with Gasteiger partial charge in [0.25, 0.3) is 0 Å². The van der Waals surface area contributed by atoms with E-state index in [0.717, 1.165) is 12.8 Å². The monoisotopic (exact) mass is 516 g/mol. The second-order valence-electron chi connectivity index (χ2n) is 12.6. The number of benzene rings is 2. The molecule has 1 aliphatic rings. The Morgan fingerprint density at radius 2 is 1.51 bits per heavy atom. The van der Waals surface area contributed by atoms with Crippen LogP contribution in [0.4, 0.5) is 0 Å². The van der Waals surface area contributed by atoms with Gasteiger partial charge >= 0.3 is 0 Å². The van der Waals surface area contributed by atoms with Crippen molar-refractivity contribution in [3.8, 4) is 11.3 Å². The first-order chi connectivity index (χ1) is 16.4. The van der Waals surface area contributed by atoms with E-state index in [1.807, 2.05) is 22.7 Å². The van der Waals surface area contributed by atoms with Crippen molar-refractivity contribution in [1.29, 1.82) is 0 Å². The van der Waals surface area contributed by atoms with Gasteiger partial charge in [0.15, 0.2) is 6.20 Å². The average Bonchev–Trinajstić information content (AvgIpc) is 3.30. The van der Waals surface area contributed by atoms with Crippen molar-refractivity contribution < 1.29 is 4.57 Å². The summed E-state index contributed by atoms with van der Waals surface area (Å²) in [4.78, 5) is 4.56. The van der Waals surface area contributed by atoms with Gasteiger partial charge in [0.1, 0.15) is 7.05 Å². The van der Waals surface area contributed by atoms with Crippen LogP contribution in [-0.4, -0.2) is 0 Å². The van der Waals surface area contributed by atoms with Crippen LogP contribution in [-0.2, 0) is 19.9 Å². The van der Waals surface area contributed by atoms with Crippen LogP contribution in [0.5, 0.6) is 0 Å². The van der Waals surface area contributed by atoms with E-state index in [2.05, 4.69) is 108 Å². The van der Waals surface area contributed by atoms with Crippen LogP contribution in [0.1, 0.15) is 57.5 Å². The molecule has 0 N–H and O–H groups in total. The Kier molecular flexibility index (Phi) is 5.25. The number of thiophene rings is 2. The molecule has 0 fully saturated rings. The number of fused-ring (bicyclic) bond motifs is 5. The van der Waals surface area contributed by atoms with E-state index in [9.17, 15) is 0 Å². The van der Waals surface area contributed by atoms with Gasteiger partial charge in [0.05, 0.1) is 10.9 Å². The molecule has 0 unspecified atom stereocenters. The fourth-order valence-electron chi connectivity index (χ4n) is 5.63. The lowest BCUT2D eigenvalue weighted by atomic mass is 9.85. The van der Waals surface area contributed by atoms with Gasteiger partial charge in [-0.25, -0.2) is 4.57 Å². The Morgan fingerprint density at radius 1 is 0.800 bits per heavy atom. The third kappa shape index (κ3) is 3.75. The first kappa shape index (κ1) is 23.5. The Morgan fingerprint density at radius 3 is 2.23 bits per heavy atom. The molecule has 0 atom stereocenters. The Bertz CT molecular complexity index is 1650. The highest BCUT2D eigenvalue weighted by Crippen LogP contribution is 2.57. The summed E-state index contributed by atoms with van der Waals surface area (Å²) in [5, 5.41) is 4.35. The van der Waals surface area contributed by atoms with Gasteiger partial charge in [-0.2, -0.15) is 0 Å². The van der Waals surface area contributed by atoms with E-state index in [4.69, 9.17) is 0 Å². The van der Waals surface area contributed by atoms with Gasteiger partial charge in [0.2, 0.25) is 5.69 Å². The number of aryl methyl sites for hydroxylation is 2. The zero-order valence-corrected chi connectivity index (χ0v) is 24.5. The lowest BCUT2D eigenvalue weighted by molar-refractivity contribution is -0.659. The fourth-order valence-corrected chi connectivity index (χ4v) is 10.1. The third-order valence-electron chi connectivity index (χ3n) is 6.96. The molecule has 4 heteroatoms. The summed E-state index contributed by atoms with van der Waals surface area (Å²) in [6.45, 7) is 16.6.